The predicted molar refractivity (Wildman–Crippen MR) is 140 cm³/mol. The quantitative estimate of drug-likeness (QED) is 0.259. The maximum absolute atomic E-state index is 13.0. The van der Waals surface area contributed by atoms with Gasteiger partial charge in [0.2, 0.25) is 0 Å². The number of hydrogen-bond acceptors (Lipinski definition) is 2. The zero-order chi connectivity index (χ0) is 25.4. The molecule has 1 heterocycles. The lowest BCUT2D eigenvalue weighted by Gasteiger charge is -2.25. The topological polar surface area (TPSA) is 22.1 Å². The number of rotatable bonds is 5. The van der Waals surface area contributed by atoms with E-state index in [2.05, 4.69) is 38.1 Å². The lowest BCUT2D eigenvalue weighted by molar-refractivity contribution is -0.137. The fourth-order valence-electron chi connectivity index (χ4n) is 4.76. The van der Waals surface area contributed by atoms with Gasteiger partial charge in [-0.05, 0) is 74.1 Å². The van der Waals surface area contributed by atoms with E-state index >= 15 is 0 Å². The third kappa shape index (κ3) is 4.83. The maximum atomic E-state index is 13.0. The lowest BCUT2D eigenvalue weighted by atomic mass is 10.0. The van der Waals surface area contributed by atoms with Crippen LogP contribution in [0.5, 0.6) is 0 Å². The normalized spacial score (nSPS) is 15.4. The summed E-state index contributed by atoms with van der Waals surface area (Å²) in [4.78, 5) is 4.95. The second-order valence-electron chi connectivity index (χ2n) is 9.26. The van der Waals surface area contributed by atoms with Gasteiger partial charge in [0.15, 0.2) is 0 Å². The molecule has 4 aromatic rings. The van der Waals surface area contributed by atoms with Crippen LogP contribution in [0.3, 0.4) is 0 Å². The number of alkyl halides is 3. The maximum Gasteiger partial charge on any atom is 0.416 e. The highest BCUT2D eigenvalue weighted by molar-refractivity contribution is 7.68. The van der Waals surface area contributed by atoms with Crippen molar-refractivity contribution in [3.05, 3.63) is 112 Å². The molecule has 0 radical (unpaired) electrons. The average molecular weight is 506 g/mol. The number of fused-ring (bicyclic) bond motifs is 1. The minimum Gasteiger partial charge on any atom is -0.340 e. The molecule has 0 bridgehead atoms. The van der Waals surface area contributed by atoms with E-state index in [0.29, 0.717) is 11.3 Å². The van der Waals surface area contributed by atoms with Crippen molar-refractivity contribution in [2.24, 2.45) is 0 Å². The molecular weight excluding hydrogens is 478 g/mol. The fraction of sp³-hybridized carbons (Fsp3) is 0.233. The molecule has 6 heteroatoms. The Kier molecular flexibility index (Phi) is 6.72. The average Bonchev–Trinajstić information content (AvgIpc) is 3.26. The van der Waals surface area contributed by atoms with Crippen molar-refractivity contribution in [3.63, 3.8) is 0 Å². The fourth-order valence-corrected chi connectivity index (χ4v) is 6.94. The number of aryl methyl sites for hydroxylation is 3. The molecule has 0 saturated carbocycles. The van der Waals surface area contributed by atoms with Crippen LogP contribution in [0.25, 0.3) is 11.3 Å². The van der Waals surface area contributed by atoms with Gasteiger partial charge in [0.25, 0.3) is 0 Å². The second-order valence-corrected chi connectivity index (χ2v) is 11.0. The van der Waals surface area contributed by atoms with Gasteiger partial charge < -0.3 is 4.52 Å². The van der Waals surface area contributed by atoms with Crippen molar-refractivity contribution in [2.45, 2.75) is 45.9 Å². The summed E-state index contributed by atoms with van der Waals surface area (Å²) >= 11 is 0. The van der Waals surface area contributed by atoms with Crippen molar-refractivity contribution in [3.8, 4) is 11.3 Å². The van der Waals surface area contributed by atoms with Gasteiger partial charge in [-0.15, -0.1) is 0 Å². The van der Waals surface area contributed by atoms with Crippen molar-refractivity contribution in [1.82, 2.24) is 4.98 Å². The molecule has 1 atom stereocenters. The third-order valence-corrected chi connectivity index (χ3v) is 9.09. The zero-order valence-corrected chi connectivity index (χ0v) is 21.3. The number of benzene rings is 3. The van der Waals surface area contributed by atoms with Crippen LogP contribution in [0.4, 0.5) is 13.2 Å². The zero-order valence-electron chi connectivity index (χ0n) is 20.4. The second kappa shape index (κ2) is 9.80. The monoisotopic (exact) mass is 505 g/mol. The molecule has 0 fully saturated rings. The first kappa shape index (κ1) is 24.7. The summed E-state index contributed by atoms with van der Waals surface area (Å²) in [5, 5.41) is 2.37. The van der Waals surface area contributed by atoms with Gasteiger partial charge >= 0.3 is 6.18 Å². The van der Waals surface area contributed by atoms with Gasteiger partial charge in [0.05, 0.1) is 25.1 Å². The first-order chi connectivity index (χ1) is 17.2. The van der Waals surface area contributed by atoms with Crippen LogP contribution in [-0.2, 0) is 17.1 Å². The van der Waals surface area contributed by atoms with Gasteiger partial charge in [-0.2, -0.15) is 13.2 Å². The number of pyridine rings is 1. The summed E-state index contributed by atoms with van der Waals surface area (Å²) in [6.45, 7) is 6.27. The van der Waals surface area contributed by atoms with Crippen molar-refractivity contribution < 1.29 is 17.7 Å². The van der Waals surface area contributed by atoms with Crippen LogP contribution in [0.1, 0.15) is 46.0 Å². The molecule has 0 amide bonds. The molecule has 0 N–H and O–H groups in total. The largest absolute Gasteiger partial charge is 0.416 e. The highest BCUT2D eigenvalue weighted by Crippen LogP contribution is 2.47. The first-order valence-corrected chi connectivity index (χ1v) is 13.2. The van der Waals surface area contributed by atoms with E-state index in [4.69, 9.17) is 9.51 Å². The van der Waals surface area contributed by atoms with Crippen LogP contribution >= 0.6 is 8.15 Å². The van der Waals surface area contributed by atoms with Crippen LogP contribution in [-0.4, -0.2) is 4.98 Å². The van der Waals surface area contributed by atoms with E-state index in [1.807, 2.05) is 37.3 Å². The Bertz CT molecular complexity index is 1350. The Balaban J connectivity index is 1.53. The smallest absolute Gasteiger partial charge is 0.340 e. The molecule has 0 saturated heterocycles. The number of halogens is 3. The van der Waals surface area contributed by atoms with E-state index in [-0.39, 0.29) is 6.10 Å². The summed E-state index contributed by atoms with van der Waals surface area (Å²) < 4.78 is 46.1. The Morgan fingerprint density at radius 1 is 0.806 bits per heavy atom. The van der Waals surface area contributed by atoms with Gasteiger partial charge in [-0.1, -0.05) is 60.7 Å². The molecule has 0 aliphatic heterocycles. The molecular formula is C30H27F3NOP. The van der Waals surface area contributed by atoms with E-state index < -0.39 is 19.9 Å². The molecule has 184 valence electrons. The van der Waals surface area contributed by atoms with Crippen molar-refractivity contribution in [2.75, 3.05) is 0 Å². The third-order valence-electron chi connectivity index (χ3n) is 6.75. The Labute approximate surface area is 211 Å². The summed E-state index contributed by atoms with van der Waals surface area (Å²) in [6, 6.07) is 23.9. The Morgan fingerprint density at radius 3 is 1.94 bits per heavy atom. The number of aromatic nitrogens is 1. The van der Waals surface area contributed by atoms with Crippen LogP contribution in [0.2, 0.25) is 0 Å². The Morgan fingerprint density at radius 2 is 1.39 bits per heavy atom. The van der Waals surface area contributed by atoms with Gasteiger partial charge in [-0.3, -0.25) is 0 Å². The van der Waals surface area contributed by atoms with Crippen LogP contribution in [0.15, 0.2) is 78.9 Å². The first-order valence-electron chi connectivity index (χ1n) is 12.0. The molecule has 1 aromatic heterocycles. The number of hydrogen-bond donors (Lipinski definition) is 0. The molecule has 0 spiro atoms. The number of nitrogens with zero attached hydrogens (tertiary/aromatic N) is 1. The van der Waals surface area contributed by atoms with Crippen LogP contribution < -0.4 is 10.6 Å². The van der Waals surface area contributed by atoms with Crippen molar-refractivity contribution >= 4 is 18.8 Å². The Hall–Kier alpha value is -3.01. The van der Waals surface area contributed by atoms with Gasteiger partial charge in [-0.25, -0.2) is 4.98 Å². The van der Waals surface area contributed by atoms with Gasteiger partial charge in [0, 0.05) is 16.2 Å². The van der Waals surface area contributed by atoms with E-state index in [0.717, 1.165) is 36.2 Å². The lowest BCUT2D eigenvalue weighted by Crippen LogP contribution is -2.19. The van der Waals surface area contributed by atoms with Gasteiger partial charge in [0.1, 0.15) is 6.10 Å². The van der Waals surface area contributed by atoms with E-state index in [1.165, 1.54) is 39.4 Å². The van der Waals surface area contributed by atoms with E-state index in [1.54, 1.807) is 0 Å². The summed E-state index contributed by atoms with van der Waals surface area (Å²) in [7, 11) is -1.08. The summed E-state index contributed by atoms with van der Waals surface area (Å²) in [5.41, 5.74) is 6.23. The van der Waals surface area contributed by atoms with Crippen LogP contribution in [0, 0.1) is 20.8 Å². The molecule has 36 heavy (non-hydrogen) atoms. The summed E-state index contributed by atoms with van der Waals surface area (Å²) in [6.07, 6.45) is -2.84. The molecule has 2 nitrogen and oxygen atoms in total. The molecule has 3 aromatic carbocycles. The highest BCUT2D eigenvalue weighted by atomic mass is 31.1. The molecule has 1 aliphatic carbocycles. The predicted octanol–water partition coefficient (Wildman–Crippen LogP) is 7.74. The molecule has 0 unspecified atom stereocenters. The SMILES string of the molecule is Cc1ccccc1P(O[C@@H]1CCc2c(C)cc(-c3ccc(C(F)(F)F)cc3)nc21)c1ccccc1C. The standard InChI is InChI=1S/C30H27F3NOP/c1-19-8-4-6-10-27(19)36(28-11-7-5-9-20(28)2)35-26-17-16-24-21(3)18-25(34-29(24)26)22-12-14-23(15-13-22)30(31,32)33/h4-15,18,26H,16-17H2,1-3H3/t26-/m1/s1. The minimum atomic E-state index is -4.36. The van der Waals surface area contributed by atoms with Crippen molar-refractivity contribution in [1.29, 1.82) is 0 Å². The minimum absolute atomic E-state index is 0.182. The highest BCUT2D eigenvalue weighted by Gasteiger charge is 2.32. The van der Waals surface area contributed by atoms with E-state index in [9.17, 15) is 13.2 Å². The molecule has 1 aliphatic rings. The molecule has 5 rings (SSSR count). The summed E-state index contributed by atoms with van der Waals surface area (Å²) in [5.74, 6) is 0.